The first kappa shape index (κ1) is 25.8. The van der Waals surface area contributed by atoms with Crippen molar-refractivity contribution in [3.8, 4) is 11.5 Å². The highest BCUT2D eigenvalue weighted by Gasteiger charge is 2.08. The van der Waals surface area contributed by atoms with E-state index in [0.717, 1.165) is 12.1 Å². The summed E-state index contributed by atoms with van der Waals surface area (Å²) in [5.41, 5.74) is 1.45. The van der Waals surface area contributed by atoms with Crippen LogP contribution in [0.3, 0.4) is 0 Å². The number of hydrogen-bond acceptors (Lipinski definition) is 4. The second kappa shape index (κ2) is 13.9. The van der Waals surface area contributed by atoms with Crippen LogP contribution in [0.5, 0.6) is 11.5 Å². The molecule has 0 fully saturated rings. The van der Waals surface area contributed by atoms with Crippen LogP contribution in [0.1, 0.15) is 22.8 Å². The van der Waals surface area contributed by atoms with Crippen molar-refractivity contribution in [2.75, 3.05) is 33.9 Å². The molecule has 164 valence electrons. The van der Waals surface area contributed by atoms with Crippen LogP contribution < -0.4 is 25.4 Å². The van der Waals surface area contributed by atoms with Crippen molar-refractivity contribution in [2.45, 2.75) is 13.5 Å². The number of guanidine groups is 1. The Morgan fingerprint density at radius 2 is 1.70 bits per heavy atom. The summed E-state index contributed by atoms with van der Waals surface area (Å²) in [6.45, 7) is 4.15. The summed E-state index contributed by atoms with van der Waals surface area (Å²) in [5, 5.41) is 9.65. The quantitative estimate of drug-likeness (QED) is 0.194. The van der Waals surface area contributed by atoms with Gasteiger partial charge in [-0.05, 0) is 36.8 Å². The Bertz CT molecular complexity index is 849. The number of nitrogens with one attached hydrogen (secondary N) is 3. The molecule has 0 atom stereocenters. The fraction of sp³-hybridized carbons (Fsp3) is 0.333. The van der Waals surface area contributed by atoms with Crippen molar-refractivity contribution in [3.05, 3.63) is 58.6 Å². The van der Waals surface area contributed by atoms with E-state index in [0.29, 0.717) is 47.7 Å². The molecule has 1 amide bonds. The summed E-state index contributed by atoms with van der Waals surface area (Å²) >= 11 is 6.04. The first-order valence-corrected chi connectivity index (χ1v) is 9.72. The Labute approximate surface area is 199 Å². The van der Waals surface area contributed by atoms with Crippen molar-refractivity contribution in [2.24, 2.45) is 4.99 Å². The Morgan fingerprint density at radius 3 is 2.37 bits per heavy atom. The van der Waals surface area contributed by atoms with E-state index in [-0.39, 0.29) is 29.9 Å². The van der Waals surface area contributed by atoms with Crippen molar-refractivity contribution in [1.29, 1.82) is 0 Å². The van der Waals surface area contributed by atoms with Crippen LogP contribution in [0.25, 0.3) is 0 Å². The minimum absolute atomic E-state index is 0. The average molecular weight is 547 g/mol. The molecule has 0 spiro atoms. The number of halogens is 2. The van der Waals surface area contributed by atoms with Crippen molar-refractivity contribution in [3.63, 3.8) is 0 Å². The molecule has 0 aliphatic heterocycles. The molecule has 0 aliphatic rings. The predicted octanol–water partition coefficient (Wildman–Crippen LogP) is 3.46. The lowest BCUT2D eigenvalue weighted by atomic mass is 10.2. The number of ether oxygens (including phenoxy) is 2. The number of benzene rings is 2. The molecule has 3 N–H and O–H groups in total. The van der Waals surface area contributed by atoms with E-state index in [1.807, 2.05) is 25.1 Å². The summed E-state index contributed by atoms with van der Waals surface area (Å²) in [5.74, 6) is 1.80. The third-order valence-corrected chi connectivity index (χ3v) is 4.36. The molecule has 0 heterocycles. The van der Waals surface area contributed by atoms with Gasteiger partial charge in [0.15, 0.2) is 17.5 Å². The zero-order valence-electron chi connectivity index (χ0n) is 17.3. The van der Waals surface area contributed by atoms with Gasteiger partial charge >= 0.3 is 0 Å². The summed E-state index contributed by atoms with van der Waals surface area (Å²) < 4.78 is 10.6. The van der Waals surface area contributed by atoms with Crippen LogP contribution in [-0.2, 0) is 6.54 Å². The molecule has 0 radical (unpaired) electrons. The zero-order valence-corrected chi connectivity index (χ0v) is 20.4. The van der Waals surface area contributed by atoms with Crippen LogP contribution >= 0.6 is 35.6 Å². The minimum Gasteiger partial charge on any atom is -0.493 e. The van der Waals surface area contributed by atoms with Gasteiger partial charge in [-0.2, -0.15) is 0 Å². The fourth-order valence-corrected chi connectivity index (χ4v) is 2.81. The van der Waals surface area contributed by atoms with E-state index in [1.165, 1.54) is 0 Å². The fourth-order valence-electron chi connectivity index (χ4n) is 2.59. The number of nitrogens with zero attached hydrogens (tertiary/aromatic N) is 1. The summed E-state index contributed by atoms with van der Waals surface area (Å²) in [6.07, 6.45) is 0. The number of methoxy groups -OCH3 is 2. The van der Waals surface area contributed by atoms with Gasteiger partial charge < -0.3 is 25.4 Å². The first-order valence-electron chi connectivity index (χ1n) is 9.34. The van der Waals surface area contributed by atoms with E-state index in [4.69, 9.17) is 21.1 Å². The van der Waals surface area contributed by atoms with E-state index >= 15 is 0 Å². The van der Waals surface area contributed by atoms with Gasteiger partial charge in [0, 0.05) is 19.6 Å². The number of hydrogen-bond donors (Lipinski definition) is 3. The summed E-state index contributed by atoms with van der Waals surface area (Å²) in [4.78, 5) is 16.7. The lowest BCUT2D eigenvalue weighted by Crippen LogP contribution is -2.41. The number of carbonyl (C=O) groups excluding carboxylic acids is 1. The molecule has 0 unspecified atom stereocenters. The van der Waals surface area contributed by atoms with E-state index in [1.54, 1.807) is 38.5 Å². The Kier molecular flexibility index (Phi) is 12.0. The Morgan fingerprint density at radius 1 is 1.00 bits per heavy atom. The lowest BCUT2D eigenvalue weighted by molar-refractivity contribution is 0.0954. The van der Waals surface area contributed by atoms with E-state index in [9.17, 15) is 4.79 Å². The molecular formula is C21H28ClIN4O3. The van der Waals surface area contributed by atoms with Crippen molar-refractivity contribution in [1.82, 2.24) is 16.0 Å². The SMILES string of the molecule is CCNC(=NCc1ccc(OC)c(OC)c1)NCCNC(=O)c1ccccc1Cl.I. The molecule has 9 heteroatoms. The number of aliphatic imine (C=N–C) groups is 1. The van der Waals surface area contributed by atoms with Gasteiger partial charge in [0.05, 0.1) is 31.4 Å². The molecular weight excluding hydrogens is 519 g/mol. The van der Waals surface area contributed by atoms with Gasteiger partial charge in [0.2, 0.25) is 0 Å². The van der Waals surface area contributed by atoms with E-state index < -0.39 is 0 Å². The van der Waals surface area contributed by atoms with Gasteiger partial charge in [-0.25, -0.2) is 4.99 Å². The first-order chi connectivity index (χ1) is 14.1. The zero-order chi connectivity index (χ0) is 21.1. The largest absolute Gasteiger partial charge is 0.493 e. The second-order valence-electron chi connectivity index (χ2n) is 6.05. The molecule has 30 heavy (non-hydrogen) atoms. The maximum atomic E-state index is 12.2. The van der Waals surface area contributed by atoms with Crippen molar-refractivity contribution < 1.29 is 14.3 Å². The van der Waals surface area contributed by atoms with Crippen molar-refractivity contribution >= 4 is 47.4 Å². The molecule has 2 aromatic rings. The highest BCUT2D eigenvalue weighted by molar-refractivity contribution is 14.0. The van der Waals surface area contributed by atoms with Gasteiger partial charge in [-0.15, -0.1) is 24.0 Å². The standard InChI is InChI=1S/C21H27ClN4O3.HI/c1-4-23-21(26-14-15-9-10-18(28-2)19(13-15)29-3)25-12-11-24-20(27)16-7-5-6-8-17(16)22;/h5-10,13H,4,11-12,14H2,1-3H3,(H,24,27)(H2,23,25,26);1H. The highest BCUT2D eigenvalue weighted by Crippen LogP contribution is 2.27. The van der Waals surface area contributed by atoms with Crippen LogP contribution in [0.2, 0.25) is 5.02 Å². The molecule has 0 saturated carbocycles. The maximum Gasteiger partial charge on any atom is 0.252 e. The monoisotopic (exact) mass is 546 g/mol. The molecule has 0 saturated heterocycles. The number of carbonyl (C=O) groups is 1. The second-order valence-corrected chi connectivity index (χ2v) is 6.45. The average Bonchev–Trinajstić information content (AvgIpc) is 2.74. The van der Waals surface area contributed by atoms with Gasteiger partial charge in [-0.3, -0.25) is 4.79 Å². The molecule has 2 aromatic carbocycles. The topological polar surface area (TPSA) is 84.0 Å². The lowest BCUT2D eigenvalue weighted by Gasteiger charge is -2.13. The highest BCUT2D eigenvalue weighted by atomic mass is 127. The predicted molar refractivity (Wildman–Crippen MR) is 132 cm³/mol. The molecule has 7 nitrogen and oxygen atoms in total. The van der Waals surface area contributed by atoms with E-state index in [2.05, 4.69) is 20.9 Å². The Hall–Kier alpha value is -2.20. The molecule has 2 rings (SSSR count). The smallest absolute Gasteiger partial charge is 0.252 e. The van der Waals surface area contributed by atoms with Gasteiger partial charge in [-0.1, -0.05) is 29.8 Å². The molecule has 0 aromatic heterocycles. The molecule has 0 aliphatic carbocycles. The molecule has 0 bridgehead atoms. The van der Waals surface area contributed by atoms with Crippen LogP contribution in [-0.4, -0.2) is 45.7 Å². The van der Waals surface area contributed by atoms with Gasteiger partial charge in [0.1, 0.15) is 0 Å². The Balaban J connectivity index is 0.00000450. The van der Waals surface area contributed by atoms with Crippen LogP contribution in [0.4, 0.5) is 0 Å². The minimum atomic E-state index is -0.204. The summed E-state index contributed by atoms with van der Waals surface area (Å²) in [6, 6.07) is 12.7. The van der Waals surface area contributed by atoms with Crippen LogP contribution in [0.15, 0.2) is 47.5 Å². The number of rotatable bonds is 9. The summed E-state index contributed by atoms with van der Waals surface area (Å²) in [7, 11) is 3.21. The third kappa shape index (κ3) is 7.91. The van der Waals surface area contributed by atoms with Gasteiger partial charge in [0.25, 0.3) is 5.91 Å². The third-order valence-electron chi connectivity index (χ3n) is 4.03. The normalized spacial score (nSPS) is 10.6. The van der Waals surface area contributed by atoms with Crippen LogP contribution in [0, 0.1) is 0 Å². The maximum absolute atomic E-state index is 12.2. The number of amides is 1.